The zero-order chi connectivity index (χ0) is 11.8. The highest BCUT2D eigenvalue weighted by Gasteiger charge is 2.09. The van der Waals surface area contributed by atoms with Crippen molar-refractivity contribution in [2.24, 2.45) is 0 Å². The van der Waals surface area contributed by atoms with E-state index >= 15 is 0 Å². The zero-order valence-electron chi connectivity index (χ0n) is 10.6. The van der Waals surface area contributed by atoms with Gasteiger partial charge in [-0.25, -0.2) is 0 Å². The highest BCUT2D eigenvalue weighted by molar-refractivity contribution is 6.54. The van der Waals surface area contributed by atoms with Crippen LogP contribution >= 0.6 is 0 Å². The molecular weight excluding hydrogens is 216 g/mol. The lowest BCUT2D eigenvalue weighted by atomic mass is 10.3. The summed E-state index contributed by atoms with van der Waals surface area (Å²) in [6.45, 7) is 7.66. The van der Waals surface area contributed by atoms with Gasteiger partial charge in [-0.1, -0.05) is 31.5 Å². The van der Waals surface area contributed by atoms with E-state index in [-0.39, 0.29) is 9.52 Å². The van der Waals surface area contributed by atoms with Gasteiger partial charge in [-0.15, -0.1) is 0 Å². The molecule has 0 unspecified atom stereocenters. The fraction of sp³-hybridized carbons (Fsp3) is 0.538. The van der Waals surface area contributed by atoms with Crippen LogP contribution in [0.5, 0.6) is 11.5 Å². The molecule has 0 aliphatic rings. The van der Waals surface area contributed by atoms with Gasteiger partial charge in [0.2, 0.25) is 0 Å². The number of hydrogen-bond acceptors (Lipinski definition) is 2. The summed E-state index contributed by atoms with van der Waals surface area (Å²) in [7, 11) is -0.204. The van der Waals surface area contributed by atoms with Crippen LogP contribution in [0.25, 0.3) is 0 Å². The molecule has 3 heteroatoms. The smallest absolute Gasteiger partial charge is 0.160 e. The molecule has 90 valence electrons. The van der Waals surface area contributed by atoms with E-state index in [1.54, 1.807) is 0 Å². The average molecular weight is 238 g/mol. The molecule has 0 saturated heterocycles. The predicted molar refractivity (Wildman–Crippen MR) is 72.1 cm³/mol. The summed E-state index contributed by atoms with van der Waals surface area (Å²) in [5.41, 5.74) is 0. The molecule has 2 nitrogen and oxygen atoms in total. The quantitative estimate of drug-likeness (QED) is 0.677. The van der Waals surface area contributed by atoms with Gasteiger partial charge in [0, 0.05) is 0 Å². The number of benzene rings is 1. The van der Waals surface area contributed by atoms with Crippen molar-refractivity contribution in [3.63, 3.8) is 0 Å². The van der Waals surface area contributed by atoms with E-state index in [0.29, 0.717) is 13.2 Å². The second-order valence-electron chi connectivity index (χ2n) is 3.71. The molecule has 0 amide bonds. The molecule has 0 atom stereocenters. The van der Waals surface area contributed by atoms with Crippen LogP contribution in [-0.2, 0) is 0 Å². The molecule has 16 heavy (non-hydrogen) atoms. The number of hydrogen-bond donors (Lipinski definition) is 0. The Kier molecular flexibility index (Phi) is 6.01. The van der Waals surface area contributed by atoms with Crippen LogP contribution in [0.15, 0.2) is 18.2 Å². The summed E-state index contributed by atoms with van der Waals surface area (Å²) < 4.78 is 11.3. The van der Waals surface area contributed by atoms with E-state index in [0.717, 1.165) is 11.5 Å². The Labute approximate surface area is 101 Å². The second kappa shape index (κ2) is 7.33. The van der Waals surface area contributed by atoms with Gasteiger partial charge in [-0.2, -0.15) is 0 Å². The van der Waals surface area contributed by atoms with Crippen LogP contribution in [0.2, 0.25) is 6.04 Å². The molecule has 0 bridgehead atoms. The number of para-hydroxylation sites is 1. The molecule has 0 radical (unpaired) electrons. The number of ether oxygens (including phenoxy) is 2. The lowest BCUT2D eigenvalue weighted by molar-refractivity contribution is 0.289. The van der Waals surface area contributed by atoms with Crippen molar-refractivity contribution in [2.45, 2.75) is 33.2 Å². The first-order valence-corrected chi connectivity index (χ1v) is 7.91. The zero-order valence-corrected chi connectivity index (χ0v) is 12.0. The van der Waals surface area contributed by atoms with Gasteiger partial charge < -0.3 is 9.47 Å². The minimum atomic E-state index is -0.204. The Bertz CT molecular complexity index is 313. The minimum Gasteiger partial charge on any atom is -0.490 e. The van der Waals surface area contributed by atoms with E-state index in [2.05, 4.69) is 19.1 Å². The molecule has 1 aromatic carbocycles. The third kappa shape index (κ3) is 3.56. The normalized spacial score (nSPS) is 10.9. The molecule has 0 fully saturated rings. The van der Waals surface area contributed by atoms with Crippen LogP contribution < -0.4 is 14.7 Å². The largest absolute Gasteiger partial charge is 0.490 e. The SMILES string of the molecule is CCC[SiH2]c1cccc(OCC)c1OCC. The Morgan fingerprint density at radius 3 is 2.44 bits per heavy atom. The third-order valence-electron chi connectivity index (χ3n) is 2.45. The Morgan fingerprint density at radius 1 is 1.06 bits per heavy atom. The summed E-state index contributed by atoms with van der Waals surface area (Å²) in [6, 6.07) is 7.59. The van der Waals surface area contributed by atoms with Crippen LogP contribution in [0.1, 0.15) is 27.2 Å². The fourth-order valence-corrected chi connectivity index (χ4v) is 3.24. The molecule has 0 N–H and O–H groups in total. The molecular formula is C13H22O2Si. The van der Waals surface area contributed by atoms with E-state index in [9.17, 15) is 0 Å². The fourth-order valence-electron chi connectivity index (χ4n) is 1.70. The van der Waals surface area contributed by atoms with Gasteiger partial charge in [0.1, 0.15) is 0 Å². The van der Waals surface area contributed by atoms with Crippen LogP contribution in [0, 0.1) is 0 Å². The van der Waals surface area contributed by atoms with E-state index in [4.69, 9.17) is 9.47 Å². The van der Waals surface area contributed by atoms with Crippen molar-refractivity contribution in [1.29, 1.82) is 0 Å². The lowest BCUT2D eigenvalue weighted by Crippen LogP contribution is -2.18. The van der Waals surface area contributed by atoms with Crippen molar-refractivity contribution in [2.75, 3.05) is 13.2 Å². The first kappa shape index (κ1) is 13.1. The second-order valence-corrected chi connectivity index (χ2v) is 5.68. The molecule has 0 aliphatic carbocycles. The van der Waals surface area contributed by atoms with Gasteiger partial charge in [0.25, 0.3) is 0 Å². The van der Waals surface area contributed by atoms with Crippen LogP contribution in [0.3, 0.4) is 0 Å². The van der Waals surface area contributed by atoms with Crippen molar-refractivity contribution < 1.29 is 9.47 Å². The first-order chi connectivity index (χ1) is 7.83. The molecule has 0 aliphatic heterocycles. The first-order valence-electron chi connectivity index (χ1n) is 6.20. The van der Waals surface area contributed by atoms with Gasteiger partial charge in [0.15, 0.2) is 11.5 Å². The summed E-state index contributed by atoms with van der Waals surface area (Å²) in [4.78, 5) is 0. The standard InChI is InChI=1S/C13H22O2Si/c1-4-10-16-12-9-7-8-11(14-5-2)13(12)15-6-3/h7-9H,4-6,10,16H2,1-3H3. The monoisotopic (exact) mass is 238 g/mol. The molecule has 0 spiro atoms. The van der Waals surface area contributed by atoms with Gasteiger partial charge >= 0.3 is 0 Å². The Hall–Kier alpha value is -0.963. The molecule has 0 aromatic heterocycles. The summed E-state index contributed by atoms with van der Waals surface area (Å²) in [6.07, 6.45) is 1.26. The van der Waals surface area contributed by atoms with Crippen LogP contribution in [0.4, 0.5) is 0 Å². The summed E-state index contributed by atoms with van der Waals surface area (Å²) >= 11 is 0. The van der Waals surface area contributed by atoms with Crippen molar-refractivity contribution in [3.8, 4) is 11.5 Å². The Morgan fingerprint density at radius 2 is 1.81 bits per heavy atom. The third-order valence-corrected chi connectivity index (χ3v) is 4.60. The highest BCUT2D eigenvalue weighted by Crippen LogP contribution is 2.24. The van der Waals surface area contributed by atoms with Crippen molar-refractivity contribution >= 4 is 14.7 Å². The topological polar surface area (TPSA) is 18.5 Å². The molecule has 1 rings (SSSR count). The average Bonchev–Trinajstić information content (AvgIpc) is 2.30. The van der Waals surface area contributed by atoms with E-state index < -0.39 is 0 Å². The molecule has 1 aromatic rings. The maximum atomic E-state index is 5.73. The Balaban J connectivity index is 2.90. The van der Waals surface area contributed by atoms with Crippen molar-refractivity contribution in [1.82, 2.24) is 0 Å². The lowest BCUT2D eigenvalue weighted by Gasteiger charge is -2.14. The van der Waals surface area contributed by atoms with Gasteiger partial charge in [-0.05, 0) is 25.1 Å². The minimum absolute atomic E-state index is 0.204. The van der Waals surface area contributed by atoms with Gasteiger partial charge in [-0.3, -0.25) is 0 Å². The maximum absolute atomic E-state index is 5.73. The molecule has 0 heterocycles. The summed E-state index contributed by atoms with van der Waals surface area (Å²) in [5.74, 6) is 1.90. The maximum Gasteiger partial charge on any atom is 0.160 e. The number of rotatable bonds is 7. The van der Waals surface area contributed by atoms with E-state index in [1.807, 2.05) is 19.9 Å². The van der Waals surface area contributed by atoms with Gasteiger partial charge in [0.05, 0.1) is 22.7 Å². The summed E-state index contributed by atoms with van der Waals surface area (Å²) in [5, 5.41) is 1.40. The van der Waals surface area contributed by atoms with Crippen molar-refractivity contribution in [3.05, 3.63) is 18.2 Å². The van der Waals surface area contributed by atoms with E-state index in [1.165, 1.54) is 17.7 Å². The van der Waals surface area contributed by atoms with Crippen LogP contribution in [-0.4, -0.2) is 22.7 Å². The molecule has 0 saturated carbocycles. The predicted octanol–water partition coefficient (Wildman–Crippen LogP) is 2.11. The highest BCUT2D eigenvalue weighted by atomic mass is 28.2.